The largest absolute Gasteiger partial charge is 0.478 e. The molecule has 0 saturated heterocycles. The number of aryl methyl sites for hydroxylation is 1. The van der Waals surface area contributed by atoms with Gasteiger partial charge < -0.3 is 15.5 Å². The molecule has 106 valence electrons. The van der Waals surface area contributed by atoms with Crippen LogP contribution in [-0.4, -0.2) is 43.6 Å². The highest BCUT2D eigenvalue weighted by Gasteiger charge is 2.29. The van der Waals surface area contributed by atoms with Crippen LogP contribution < -0.4 is 5.32 Å². The van der Waals surface area contributed by atoms with Crippen LogP contribution in [0.15, 0.2) is 12.4 Å². The maximum absolute atomic E-state index is 11.3. The molecule has 0 aromatic carbocycles. The molecule has 1 atom stereocenters. The van der Waals surface area contributed by atoms with E-state index in [0.29, 0.717) is 29.2 Å². The molecule has 2 heterocycles. The van der Waals surface area contributed by atoms with Gasteiger partial charge in [0.2, 0.25) is 0 Å². The highest BCUT2D eigenvalue weighted by molar-refractivity contribution is 6.03. The molecule has 1 saturated carbocycles. The molecule has 0 spiro atoms. The highest BCUT2D eigenvalue weighted by Crippen LogP contribution is 2.33. The van der Waals surface area contributed by atoms with E-state index in [4.69, 9.17) is 0 Å². The molecule has 0 amide bonds. The van der Waals surface area contributed by atoms with Crippen LogP contribution in [0.2, 0.25) is 0 Å². The van der Waals surface area contributed by atoms with E-state index in [1.807, 2.05) is 0 Å². The molecule has 2 aromatic rings. The zero-order valence-corrected chi connectivity index (χ0v) is 11.1. The number of aliphatic hydroxyl groups is 1. The fraction of sp³-hybridized carbons (Fsp3) is 0.462. The van der Waals surface area contributed by atoms with Crippen LogP contribution in [0.1, 0.15) is 23.2 Å². The second-order valence-corrected chi connectivity index (χ2v) is 5.14. The predicted octanol–water partition coefficient (Wildman–Crippen LogP) is 0.849. The van der Waals surface area contributed by atoms with Gasteiger partial charge in [-0.1, -0.05) is 0 Å². The number of nitrogens with zero attached hydrogens (tertiary/aromatic N) is 3. The zero-order valence-electron chi connectivity index (χ0n) is 11.1. The summed E-state index contributed by atoms with van der Waals surface area (Å²) in [6.07, 6.45) is 4.52. The maximum atomic E-state index is 11.3. The minimum Gasteiger partial charge on any atom is -0.478 e. The molecule has 1 fully saturated rings. The van der Waals surface area contributed by atoms with Gasteiger partial charge >= 0.3 is 5.97 Å². The number of anilines is 1. The first-order valence-corrected chi connectivity index (χ1v) is 6.54. The number of carbonyl (C=O) groups is 1. The summed E-state index contributed by atoms with van der Waals surface area (Å²) in [6.45, 7) is 0.332. The topological polar surface area (TPSA) is 100 Å². The van der Waals surface area contributed by atoms with Crippen molar-refractivity contribution in [3.63, 3.8) is 0 Å². The molecule has 0 aliphatic heterocycles. The van der Waals surface area contributed by atoms with Crippen LogP contribution >= 0.6 is 0 Å². The molecule has 20 heavy (non-hydrogen) atoms. The summed E-state index contributed by atoms with van der Waals surface area (Å²) < 4.78 is 1.59. The Hall–Kier alpha value is -2.15. The molecule has 3 rings (SSSR count). The number of fused-ring (bicyclic) bond motifs is 1. The molecule has 3 N–H and O–H groups in total. The normalized spacial score (nSPS) is 16.3. The second kappa shape index (κ2) is 4.75. The van der Waals surface area contributed by atoms with Gasteiger partial charge in [0.1, 0.15) is 5.56 Å². The summed E-state index contributed by atoms with van der Waals surface area (Å²) in [4.78, 5) is 15.4. The van der Waals surface area contributed by atoms with E-state index in [1.54, 1.807) is 17.9 Å². The third-order valence-corrected chi connectivity index (χ3v) is 3.65. The van der Waals surface area contributed by atoms with Gasteiger partial charge in [0.15, 0.2) is 5.65 Å². The average Bonchev–Trinajstić information content (AvgIpc) is 3.20. The van der Waals surface area contributed by atoms with Gasteiger partial charge in [0.05, 0.1) is 23.4 Å². The quantitative estimate of drug-likeness (QED) is 0.748. The number of carboxylic acid groups (broad SMARTS) is 1. The Balaban J connectivity index is 1.96. The standard InChI is InChI=1S/C13H16N4O3/c1-17-12-8(5-16-17)11(9(4-15-12)13(19)20)14-6-10(18)7-2-3-7/h4-5,7,10,18H,2-3,6H2,1H3,(H,14,15)(H,19,20). The highest BCUT2D eigenvalue weighted by atomic mass is 16.4. The van der Waals surface area contributed by atoms with Gasteiger partial charge in [-0.05, 0) is 18.8 Å². The molecular formula is C13H16N4O3. The summed E-state index contributed by atoms with van der Waals surface area (Å²) >= 11 is 0. The van der Waals surface area contributed by atoms with Gasteiger partial charge in [-0.2, -0.15) is 5.10 Å². The summed E-state index contributed by atoms with van der Waals surface area (Å²) in [5.41, 5.74) is 1.17. The van der Waals surface area contributed by atoms with Gasteiger partial charge in [-0.3, -0.25) is 4.68 Å². The number of hydrogen-bond donors (Lipinski definition) is 3. The third-order valence-electron chi connectivity index (χ3n) is 3.65. The fourth-order valence-electron chi connectivity index (χ4n) is 2.30. The van der Waals surface area contributed by atoms with E-state index in [-0.39, 0.29) is 5.56 Å². The minimum absolute atomic E-state index is 0.0912. The molecule has 7 heteroatoms. The summed E-state index contributed by atoms with van der Waals surface area (Å²) in [6, 6.07) is 0. The Kier molecular flexibility index (Phi) is 3.06. The number of hydrogen-bond acceptors (Lipinski definition) is 5. The monoisotopic (exact) mass is 276 g/mol. The van der Waals surface area contributed by atoms with Crippen LogP contribution in [0.4, 0.5) is 5.69 Å². The molecule has 2 aromatic heterocycles. The summed E-state index contributed by atoms with van der Waals surface area (Å²) in [5.74, 6) is -0.714. The third kappa shape index (κ3) is 2.20. The van der Waals surface area contributed by atoms with Crippen molar-refractivity contribution in [3.05, 3.63) is 18.0 Å². The van der Waals surface area contributed by atoms with E-state index < -0.39 is 12.1 Å². The number of aromatic nitrogens is 3. The Bertz CT molecular complexity index is 663. The second-order valence-electron chi connectivity index (χ2n) is 5.14. The SMILES string of the molecule is Cn1ncc2c(NCC(O)C3CC3)c(C(=O)O)cnc21. The van der Waals surface area contributed by atoms with Crippen molar-refractivity contribution in [3.8, 4) is 0 Å². The zero-order chi connectivity index (χ0) is 14.3. The Morgan fingerprint density at radius 3 is 2.95 bits per heavy atom. The summed E-state index contributed by atoms with van der Waals surface area (Å²) in [7, 11) is 1.75. The lowest BCUT2D eigenvalue weighted by molar-refractivity contribution is 0.0697. The first-order valence-electron chi connectivity index (χ1n) is 6.54. The predicted molar refractivity (Wildman–Crippen MR) is 72.7 cm³/mol. The number of pyridine rings is 1. The van der Waals surface area contributed by atoms with Crippen LogP contribution in [0, 0.1) is 5.92 Å². The van der Waals surface area contributed by atoms with E-state index in [9.17, 15) is 15.0 Å². The molecule has 7 nitrogen and oxygen atoms in total. The first-order chi connectivity index (χ1) is 9.58. The Labute approximate surface area is 115 Å². The number of nitrogens with one attached hydrogen (secondary N) is 1. The van der Waals surface area contributed by atoms with Crippen LogP contribution in [-0.2, 0) is 7.05 Å². The van der Waals surface area contributed by atoms with Gasteiger partial charge in [-0.25, -0.2) is 9.78 Å². The molecule has 1 unspecified atom stereocenters. The van der Waals surface area contributed by atoms with Crippen LogP contribution in [0.3, 0.4) is 0 Å². The number of carboxylic acids is 1. The lowest BCUT2D eigenvalue weighted by Gasteiger charge is -2.14. The number of rotatable bonds is 5. The first kappa shape index (κ1) is 12.9. The van der Waals surface area contributed by atoms with Crippen molar-refractivity contribution in [2.45, 2.75) is 18.9 Å². The molecular weight excluding hydrogens is 260 g/mol. The lowest BCUT2D eigenvalue weighted by Crippen LogP contribution is -2.22. The van der Waals surface area contributed by atoms with Gasteiger partial charge in [-0.15, -0.1) is 0 Å². The van der Waals surface area contributed by atoms with Crippen molar-refractivity contribution in [2.75, 3.05) is 11.9 Å². The Morgan fingerprint density at radius 1 is 1.55 bits per heavy atom. The minimum atomic E-state index is -1.05. The maximum Gasteiger partial charge on any atom is 0.339 e. The van der Waals surface area contributed by atoms with Crippen LogP contribution in [0.5, 0.6) is 0 Å². The molecule has 1 aliphatic rings. The smallest absolute Gasteiger partial charge is 0.339 e. The molecule has 0 radical (unpaired) electrons. The molecule has 1 aliphatic carbocycles. The van der Waals surface area contributed by atoms with E-state index in [0.717, 1.165) is 12.8 Å². The van der Waals surface area contributed by atoms with Crippen molar-refractivity contribution >= 4 is 22.7 Å². The van der Waals surface area contributed by atoms with Crippen molar-refractivity contribution in [2.24, 2.45) is 13.0 Å². The van der Waals surface area contributed by atoms with Crippen molar-refractivity contribution < 1.29 is 15.0 Å². The number of aromatic carboxylic acids is 1. The molecule has 0 bridgehead atoms. The number of aliphatic hydroxyl groups excluding tert-OH is 1. The van der Waals surface area contributed by atoms with Crippen LogP contribution in [0.25, 0.3) is 11.0 Å². The van der Waals surface area contributed by atoms with E-state index in [1.165, 1.54) is 6.20 Å². The van der Waals surface area contributed by atoms with Gasteiger partial charge in [0.25, 0.3) is 0 Å². The Morgan fingerprint density at radius 2 is 2.30 bits per heavy atom. The van der Waals surface area contributed by atoms with E-state index >= 15 is 0 Å². The average molecular weight is 276 g/mol. The fourth-order valence-corrected chi connectivity index (χ4v) is 2.30. The van der Waals surface area contributed by atoms with Crippen molar-refractivity contribution in [1.29, 1.82) is 0 Å². The lowest BCUT2D eigenvalue weighted by atomic mass is 10.1. The summed E-state index contributed by atoms with van der Waals surface area (Å²) in [5, 5.41) is 26.9. The van der Waals surface area contributed by atoms with E-state index in [2.05, 4.69) is 15.4 Å². The van der Waals surface area contributed by atoms with Crippen molar-refractivity contribution in [1.82, 2.24) is 14.8 Å². The van der Waals surface area contributed by atoms with Gasteiger partial charge in [0, 0.05) is 19.8 Å².